The minimum absolute atomic E-state index is 0.0551. The fraction of sp³-hybridized carbons (Fsp3) is 0.385. The Morgan fingerprint density at radius 1 is 1.39 bits per heavy atom. The maximum Gasteiger partial charge on any atom is 0.257 e. The number of amides is 1. The molecule has 98 valence electrons. The van der Waals surface area contributed by atoms with Crippen LogP contribution in [0.25, 0.3) is 0 Å². The summed E-state index contributed by atoms with van der Waals surface area (Å²) in [5.74, 6) is -0.908. The molecule has 1 N–H and O–H groups in total. The first kappa shape index (κ1) is 14.0. The molecule has 0 bridgehead atoms. The van der Waals surface area contributed by atoms with Gasteiger partial charge in [0.25, 0.3) is 5.91 Å². The van der Waals surface area contributed by atoms with Gasteiger partial charge in [-0.2, -0.15) is 0 Å². The average Bonchev–Trinajstić information content (AvgIpc) is 2.36. The van der Waals surface area contributed by atoms with E-state index in [1.54, 1.807) is 6.07 Å². The van der Waals surface area contributed by atoms with Gasteiger partial charge in [-0.25, -0.2) is 0 Å². The van der Waals surface area contributed by atoms with Crippen molar-refractivity contribution < 1.29 is 19.4 Å². The van der Waals surface area contributed by atoms with Gasteiger partial charge in [0, 0.05) is 18.9 Å². The highest BCUT2D eigenvalue weighted by Crippen LogP contribution is 2.13. The molecule has 0 atom stereocenters. The van der Waals surface area contributed by atoms with Crippen molar-refractivity contribution in [1.82, 2.24) is 5.32 Å². The van der Waals surface area contributed by atoms with Crippen LogP contribution < -0.4 is 15.2 Å². The Morgan fingerprint density at radius 3 is 2.83 bits per heavy atom. The maximum absolute atomic E-state index is 11.3. The molecule has 1 aromatic carbocycles. The number of carbonyl (C=O) groups is 2. The van der Waals surface area contributed by atoms with E-state index < -0.39 is 5.97 Å². The van der Waals surface area contributed by atoms with E-state index in [0.717, 1.165) is 12.0 Å². The van der Waals surface area contributed by atoms with Crippen molar-refractivity contribution in [1.29, 1.82) is 0 Å². The molecule has 0 fully saturated rings. The lowest BCUT2D eigenvalue weighted by Crippen LogP contribution is -2.33. The van der Waals surface area contributed by atoms with Crippen molar-refractivity contribution in [2.45, 2.75) is 19.8 Å². The number of carbonyl (C=O) groups excluding carboxylic acids is 2. The highest BCUT2D eigenvalue weighted by molar-refractivity contribution is 5.78. The first-order valence-corrected chi connectivity index (χ1v) is 5.80. The van der Waals surface area contributed by atoms with E-state index >= 15 is 0 Å². The fourth-order valence-corrected chi connectivity index (χ4v) is 1.36. The Bertz CT molecular complexity index is 417. The third-order valence-electron chi connectivity index (χ3n) is 2.33. The highest BCUT2D eigenvalue weighted by atomic mass is 16.5. The number of aliphatic carboxylic acids is 1. The molecule has 0 saturated carbocycles. The zero-order valence-electron chi connectivity index (χ0n) is 10.3. The molecule has 0 aliphatic rings. The Morgan fingerprint density at radius 2 is 2.17 bits per heavy atom. The minimum atomic E-state index is -1.19. The second kappa shape index (κ2) is 7.32. The summed E-state index contributed by atoms with van der Waals surface area (Å²) in [6.45, 7) is 1.96. The quantitative estimate of drug-likeness (QED) is 0.732. The first-order valence-electron chi connectivity index (χ1n) is 5.80. The van der Waals surface area contributed by atoms with E-state index in [2.05, 4.69) is 5.32 Å². The van der Waals surface area contributed by atoms with Gasteiger partial charge in [-0.3, -0.25) is 4.79 Å². The Kier molecular flexibility index (Phi) is 5.70. The molecule has 0 aliphatic heterocycles. The summed E-state index contributed by atoms with van der Waals surface area (Å²) in [7, 11) is 0. The Balaban J connectivity index is 2.31. The van der Waals surface area contributed by atoms with E-state index in [-0.39, 0.29) is 25.5 Å². The second-order valence-corrected chi connectivity index (χ2v) is 3.76. The Hall–Kier alpha value is -2.04. The summed E-state index contributed by atoms with van der Waals surface area (Å²) in [6.07, 6.45) is 0.700. The number of nitrogens with one attached hydrogen (secondary N) is 1. The molecule has 0 spiro atoms. The van der Waals surface area contributed by atoms with Crippen LogP contribution in [0.4, 0.5) is 0 Å². The molecule has 0 heterocycles. The first-order chi connectivity index (χ1) is 8.61. The fourth-order valence-electron chi connectivity index (χ4n) is 1.36. The van der Waals surface area contributed by atoms with Gasteiger partial charge in [0.15, 0.2) is 6.61 Å². The molecular weight excluding hydrogens is 234 g/mol. The number of carboxylic acid groups (broad SMARTS) is 1. The minimum Gasteiger partial charge on any atom is -0.550 e. The number of hydrogen-bond donors (Lipinski definition) is 1. The van der Waals surface area contributed by atoms with E-state index in [4.69, 9.17) is 4.74 Å². The lowest BCUT2D eigenvalue weighted by Gasteiger charge is -2.08. The summed E-state index contributed by atoms with van der Waals surface area (Å²) < 4.78 is 5.29. The monoisotopic (exact) mass is 250 g/mol. The molecule has 1 rings (SSSR count). The topological polar surface area (TPSA) is 78.5 Å². The standard InChI is InChI=1S/C13H17NO4/c1-2-10-4-3-5-11(8-10)18-9-12(15)14-7-6-13(16)17/h3-5,8H,2,6-7,9H2,1H3,(H,14,15)(H,16,17)/p-1. The van der Waals surface area contributed by atoms with Crippen LogP contribution in [0.2, 0.25) is 0 Å². The van der Waals surface area contributed by atoms with Gasteiger partial charge < -0.3 is 20.0 Å². The van der Waals surface area contributed by atoms with Gasteiger partial charge in [0.2, 0.25) is 0 Å². The van der Waals surface area contributed by atoms with Crippen molar-refractivity contribution in [3.05, 3.63) is 29.8 Å². The predicted octanol–water partition coefficient (Wildman–Crippen LogP) is -0.116. The van der Waals surface area contributed by atoms with Crippen LogP contribution in [-0.2, 0) is 16.0 Å². The SMILES string of the molecule is CCc1cccc(OCC(=O)NCCC(=O)[O-])c1. The van der Waals surface area contributed by atoms with Crippen LogP contribution in [-0.4, -0.2) is 25.0 Å². The van der Waals surface area contributed by atoms with Crippen LogP contribution in [0.15, 0.2) is 24.3 Å². The molecular formula is C13H16NO4-. The van der Waals surface area contributed by atoms with E-state index in [1.165, 1.54) is 0 Å². The van der Waals surface area contributed by atoms with Crippen molar-refractivity contribution in [3.63, 3.8) is 0 Å². The van der Waals surface area contributed by atoms with Gasteiger partial charge >= 0.3 is 0 Å². The smallest absolute Gasteiger partial charge is 0.257 e. The molecule has 5 nitrogen and oxygen atoms in total. The summed E-state index contributed by atoms with van der Waals surface area (Å²) in [5.41, 5.74) is 1.13. The number of hydrogen-bond acceptors (Lipinski definition) is 4. The molecule has 0 aromatic heterocycles. The van der Waals surface area contributed by atoms with Gasteiger partial charge in [0.05, 0.1) is 0 Å². The molecule has 5 heteroatoms. The highest BCUT2D eigenvalue weighted by Gasteiger charge is 2.02. The van der Waals surface area contributed by atoms with Gasteiger partial charge in [-0.1, -0.05) is 19.1 Å². The summed E-state index contributed by atoms with van der Waals surface area (Å²) >= 11 is 0. The Labute approximate surface area is 106 Å². The molecule has 0 unspecified atom stereocenters. The van der Waals surface area contributed by atoms with Crippen molar-refractivity contribution in [2.75, 3.05) is 13.2 Å². The molecule has 1 amide bonds. The van der Waals surface area contributed by atoms with Crippen molar-refractivity contribution >= 4 is 11.9 Å². The van der Waals surface area contributed by atoms with Crippen LogP contribution in [0.3, 0.4) is 0 Å². The zero-order valence-corrected chi connectivity index (χ0v) is 10.3. The molecule has 0 saturated heterocycles. The summed E-state index contributed by atoms with van der Waals surface area (Å²) in [5, 5.41) is 12.6. The maximum atomic E-state index is 11.3. The number of benzene rings is 1. The lowest BCUT2D eigenvalue weighted by molar-refractivity contribution is -0.305. The molecule has 18 heavy (non-hydrogen) atoms. The van der Waals surface area contributed by atoms with Crippen LogP contribution in [0, 0.1) is 0 Å². The zero-order chi connectivity index (χ0) is 13.4. The van der Waals surface area contributed by atoms with Gasteiger partial charge in [0.1, 0.15) is 5.75 Å². The lowest BCUT2D eigenvalue weighted by atomic mass is 10.2. The average molecular weight is 250 g/mol. The number of aryl methyl sites for hydroxylation is 1. The number of rotatable bonds is 7. The molecule has 1 aromatic rings. The normalized spacial score (nSPS) is 9.83. The number of ether oxygens (including phenoxy) is 1. The van der Waals surface area contributed by atoms with Crippen LogP contribution >= 0.6 is 0 Å². The molecule has 0 radical (unpaired) electrons. The third-order valence-corrected chi connectivity index (χ3v) is 2.33. The summed E-state index contributed by atoms with van der Waals surface area (Å²) in [6, 6.07) is 7.48. The van der Waals surface area contributed by atoms with Crippen molar-refractivity contribution in [3.8, 4) is 5.75 Å². The third kappa shape index (κ3) is 5.34. The van der Waals surface area contributed by atoms with Crippen LogP contribution in [0.1, 0.15) is 18.9 Å². The number of carboxylic acids is 1. The predicted molar refractivity (Wildman–Crippen MR) is 63.9 cm³/mol. The summed E-state index contributed by atoms with van der Waals surface area (Å²) in [4.78, 5) is 21.4. The van der Waals surface area contributed by atoms with Crippen LogP contribution in [0.5, 0.6) is 5.75 Å². The molecule has 0 aliphatic carbocycles. The van der Waals surface area contributed by atoms with Gasteiger partial charge in [-0.05, 0) is 24.1 Å². The second-order valence-electron chi connectivity index (χ2n) is 3.76. The van der Waals surface area contributed by atoms with Gasteiger partial charge in [-0.15, -0.1) is 0 Å². The van der Waals surface area contributed by atoms with E-state index in [9.17, 15) is 14.7 Å². The van der Waals surface area contributed by atoms with E-state index in [0.29, 0.717) is 5.75 Å². The largest absolute Gasteiger partial charge is 0.550 e. The van der Waals surface area contributed by atoms with E-state index in [1.807, 2.05) is 25.1 Å². The van der Waals surface area contributed by atoms with Crippen molar-refractivity contribution in [2.24, 2.45) is 0 Å².